The molecule has 2 aliphatic rings. The second kappa shape index (κ2) is 15.2. The highest BCUT2D eigenvalue weighted by atomic mass is 16.5. The molecule has 0 radical (unpaired) electrons. The van der Waals surface area contributed by atoms with Crippen molar-refractivity contribution in [1.82, 2.24) is 10.6 Å². The minimum absolute atomic E-state index is 0.0241. The SMILES string of the molecule is CCCCCCCCC1CNC(C2CCC(OC(=O)CCCCCC)CC2)NC1. The Morgan fingerprint density at radius 1 is 0.793 bits per heavy atom. The van der Waals surface area contributed by atoms with Crippen molar-refractivity contribution in [2.75, 3.05) is 13.1 Å². The highest BCUT2D eigenvalue weighted by Crippen LogP contribution is 2.29. The number of ether oxygens (including phenoxy) is 1. The van der Waals surface area contributed by atoms with Gasteiger partial charge in [-0.15, -0.1) is 0 Å². The first-order valence-corrected chi connectivity index (χ1v) is 12.9. The number of nitrogens with one attached hydrogen (secondary N) is 2. The van der Waals surface area contributed by atoms with Gasteiger partial charge >= 0.3 is 5.97 Å². The predicted octanol–water partition coefficient (Wildman–Crippen LogP) is 5.94. The molecule has 170 valence electrons. The van der Waals surface area contributed by atoms with Crippen molar-refractivity contribution in [3.8, 4) is 0 Å². The van der Waals surface area contributed by atoms with Crippen molar-refractivity contribution >= 4 is 5.97 Å². The van der Waals surface area contributed by atoms with E-state index in [9.17, 15) is 4.79 Å². The molecule has 0 amide bonds. The molecule has 2 rings (SSSR count). The zero-order valence-electron chi connectivity index (χ0n) is 19.4. The highest BCUT2D eigenvalue weighted by Gasteiger charge is 2.31. The largest absolute Gasteiger partial charge is 0.462 e. The molecule has 1 heterocycles. The van der Waals surface area contributed by atoms with Crippen LogP contribution in [0.15, 0.2) is 0 Å². The Morgan fingerprint density at radius 3 is 2.03 bits per heavy atom. The van der Waals surface area contributed by atoms with Crippen molar-refractivity contribution < 1.29 is 9.53 Å². The Balaban J connectivity index is 1.51. The quantitative estimate of drug-likeness (QED) is 0.276. The number of esters is 1. The number of carbonyl (C=O) groups excluding carboxylic acids is 1. The molecular formula is C25H48N2O2. The number of rotatable bonds is 14. The molecule has 1 aliphatic carbocycles. The van der Waals surface area contributed by atoms with Gasteiger partial charge in [-0.3, -0.25) is 4.79 Å². The van der Waals surface area contributed by atoms with Gasteiger partial charge in [-0.2, -0.15) is 0 Å². The van der Waals surface area contributed by atoms with Gasteiger partial charge in [0.05, 0.1) is 6.17 Å². The van der Waals surface area contributed by atoms with Gasteiger partial charge in [-0.05, 0) is 50.4 Å². The van der Waals surface area contributed by atoms with Crippen LogP contribution in [0.2, 0.25) is 0 Å². The second-order valence-corrected chi connectivity index (χ2v) is 9.55. The van der Waals surface area contributed by atoms with E-state index in [-0.39, 0.29) is 12.1 Å². The molecule has 1 saturated carbocycles. The lowest BCUT2D eigenvalue weighted by molar-refractivity contribution is -0.151. The van der Waals surface area contributed by atoms with Crippen molar-refractivity contribution in [1.29, 1.82) is 0 Å². The van der Waals surface area contributed by atoms with E-state index >= 15 is 0 Å². The summed E-state index contributed by atoms with van der Waals surface area (Å²) in [7, 11) is 0. The van der Waals surface area contributed by atoms with Crippen LogP contribution < -0.4 is 10.6 Å². The zero-order chi connectivity index (χ0) is 20.7. The maximum absolute atomic E-state index is 12.0. The lowest BCUT2D eigenvalue weighted by Gasteiger charge is -2.39. The van der Waals surface area contributed by atoms with Crippen LogP contribution in [0, 0.1) is 11.8 Å². The molecule has 29 heavy (non-hydrogen) atoms. The first-order valence-electron chi connectivity index (χ1n) is 12.9. The van der Waals surface area contributed by atoms with Gasteiger partial charge in [0.25, 0.3) is 0 Å². The third kappa shape index (κ3) is 10.3. The van der Waals surface area contributed by atoms with Crippen molar-refractivity contribution in [2.45, 2.75) is 129 Å². The predicted molar refractivity (Wildman–Crippen MR) is 122 cm³/mol. The van der Waals surface area contributed by atoms with E-state index in [1.165, 1.54) is 83.7 Å². The Bertz CT molecular complexity index is 413. The molecular weight excluding hydrogens is 360 g/mol. The third-order valence-corrected chi connectivity index (χ3v) is 6.94. The highest BCUT2D eigenvalue weighted by molar-refractivity contribution is 5.69. The average Bonchev–Trinajstić information content (AvgIpc) is 2.75. The first kappa shape index (κ1) is 24.7. The molecule has 0 unspecified atom stereocenters. The van der Waals surface area contributed by atoms with Crippen LogP contribution in [0.25, 0.3) is 0 Å². The minimum atomic E-state index is 0.0241. The van der Waals surface area contributed by atoms with E-state index in [4.69, 9.17) is 4.74 Å². The van der Waals surface area contributed by atoms with Gasteiger partial charge in [0.1, 0.15) is 6.10 Å². The van der Waals surface area contributed by atoms with Gasteiger partial charge in [0, 0.05) is 19.5 Å². The second-order valence-electron chi connectivity index (χ2n) is 9.55. The smallest absolute Gasteiger partial charge is 0.306 e. The lowest BCUT2D eigenvalue weighted by atomic mass is 9.84. The molecule has 4 nitrogen and oxygen atoms in total. The first-order chi connectivity index (χ1) is 14.2. The maximum atomic E-state index is 12.0. The molecule has 0 aromatic rings. The fourth-order valence-electron chi connectivity index (χ4n) is 4.96. The summed E-state index contributed by atoms with van der Waals surface area (Å²) in [6.07, 6.45) is 19.9. The fourth-order valence-corrected chi connectivity index (χ4v) is 4.96. The summed E-state index contributed by atoms with van der Waals surface area (Å²) in [5, 5.41) is 7.55. The van der Waals surface area contributed by atoms with Crippen molar-refractivity contribution in [2.24, 2.45) is 11.8 Å². The lowest BCUT2D eigenvalue weighted by Crippen LogP contribution is -2.56. The third-order valence-electron chi connectivity index (χ3n) is 6.94. The monoisotopic (exact) mass is 408 g/mol. The van der Waals surface area contributed by atoms with Crippen molar-refractivity contribution in [3.63, 3.8) is 0 Å². The van der Waals surface area contributed by atoms with Crippen molar-refractivity contribution in [3.05, 3.63) is 0 Å². The number of carbonyl (C=O) groups is 1. The van der Waals surface area contributed by atoms with E-state index in [0.29, 0.717) is 18.5 Å². The van der Waals surface area contributed by atoms with Crippen LogP contribution >= 0.6 is 0 Å². The normalized spacial score (nSPS) is 27.7. The summed E-state index contributed by atoms with van der Waals surface area (Å²) >= 11 is 0. The Hall–Kier alpha value is -0.610. The Labute approximate surface area is 180 Å². The number of hydrogen-bond acceptors (Lipinski definition) is 4. The molecule has 0 aromatic carbocycles. The zero-order valence-corrected chi connectivity index (χ0v) is 19.4. The van der Waals surface area contributed by atoms with Gasteiger partial charge in [-0.25, -0.2) is 0 Å². The minimum Gasteiger partial charge on any atom is -0.462 e. The summed E-state index contributed by atoms with van der Waals surface area (Å²) in [6.45, 7) is 6.81. The Kier molecular flexibility index (Phi) is 12.9. The van der Waals surface area contributed by atoms with Crippen LogP contribution in [0.1, 0.15) is 117 Å². The number of hydrogen-bond donors (Lipinski definition) is 2. The van der Waals surface area contributed by atoms with E-state index in [2.05, 4.69) is 24.5 Å². The summed E-state index contributed by atoms with van der Waals surface area (Å²) in [5.41, 5.74) is 0. The number of unbranched alkanes of at least 4 members (excludes halogenated alkanes) is 8. The average molecular weight is 409 g/mol. The molecule has 2 N–H and O–H groups in total. The van der Waals surface area contributed by atoms with Crippen LogP contribution in [0.5, 0.6) is 0 Å². The van der Waals surface area contributed by atoms with Crippen LogP contribution in [-0.4, -0.2) is 31.3 Å². The summed E-state index contributed by atoms with van der Waals surface area (Å²) in [5.74, 6) is 1.50. The molecule has 1 saturated heterocycles. The van der Waals surface area contributed by atoms with Crippen LogP contribution in [-0.2, 0) is 9.53 Å². The molecule has 2 fully saturated rings. The molecule has 0 atom stereocenters. The van der Waals surface area contributed by atoms with Crippen LogP contribution in [0.4, 0.5) is 0 Å². The van der Waals surface area contributed by atoms with Gasteiger partial charge in [-0.1, -0.05) is 71.6 Å². The van der Waals surface area contributed by atoms with Gasteiger partial charge in [0.15, 0.2) is 0 Å². The molecule has 0 spiro atoms. The molecule has 4 heteroatoms. The summed E-state index contributed by atoms with van der Waals surface area (Å²) in [4.78, 5) is 12.0. The summed E-state index contributed by atoms with van der Waals surface area (Å²) in [6, 6.07) is 0. The maximum Gasteiger partial charge on any atom is 0.306 e. The fraction of sp³-hybridized carbons (Fsp3) is 0.960. The Morgan fingerprint density at radius 2 is 1.38 bits per heavy atom. The van der Waals surface area contributed by atoms with E-state index in [0.717, 1.165) is 31.6 Å². The molecule has 0 aromatic heterocycles. The standard InChI is InChI=1S/C25H48N2O2/c1-3-5-7-9-10-11-13-21-19-26-25(27-20-21)22-15-17-23(18-16-22)29-24(28)14-12-8-6-4-2/h21-23,25-27H,3-20H2,1-2H3. The molecule has 1 aliphatic heterocycles. The molecule has 0 bridgehead atoms. The van der Waals surface area contributed by atoms with E-state index < -0.39 is 0 Å². The van der Waals surface area contributed by atoms with Gasteiger partial charge in [0.2, 0.25) is 0 Å². The van der Waals surface area contributed by atoms with Gasteiger partial charge < -0.3 is 15.4 Å². The topological polar surface area (TPSA) is 50.4 Å². The van der Waals surface area contributed by atoms with Crippen LogP contribution in [0.3, 0.4) is 0 Å². The summed E-state index contributed by atoms with van der Waals surface area (Å²) < 4.78 is 5.72. The van der Waals surface area contributed by atoms with E-state index in [1.807, 2.05) is 0 Å². The van der Waals surface area contributed by atoms with E-state index in [1.54, 1.807) is 0 Å².